The minimum atomic E-state index is -0.379. The smallest absolute Gasteiger partial charge is 0.290 e. The summed E-state index contributed by atoms with van der Waals surface area (Å²) in [4.78, 5) is 24.8. The van der Waals surface area contributed by atoms with Gasteiger partial charge >= 0.3 is 0 Å². The second-order valence-electron chi connectivity index (χ2n) is 3.14. The summed E-state index contributed by atoms with van der Waals surface area (Å²) in [5, 5.41) is 0. The van der Waals surface area contributed by atoms with Crippen LogP contribution in [0.2, 0.25) is 0 Å². The van der Waals surface area contributed by atoms with Crippen LogP contribution in [0.4, 0.5) is 0 Å². The molecule has 0 heterocycles. The van der Waals surface area contributed by atoms with E-state index in [1.54, 1.807) is 29.2 Å². The van der Waals surface area contributed by atoms with Crippen LogP contribution >= 0.6 is 0 Å². The Morgan fingerprint density at radius 1 is 1.14 bits per heavy atom. The number of likely N-dealkylation sites (N-methyl/N-ethyl adjacent to an activating group) is 1. The molecule has 3 heteroatoms. The van der Waals surface area contributed by atoms with Crippen LogP contribution in [0.25, 0.3) is 0 Å². The zero-order chi connectivity index (χ0) is 10.6. The second-order valence-corrected chi connectivity index (χ2v) is 3.14. The Morgan fingerprint density at radius 2 is 1.64 bits per heavy atom. The number of ketones is 1. The third kappa shape index (κ3) is 2.10. The summed E-state index contributed by atoms with van der Waals surface area (Å²) in [6.45, 7) is 4.91. The molecule has 0 atom stereocenters. The fourth-order valence-corrected chi connectivity index (χ4v) is 1.42. The van der Waals surface area contributed by atoms with Crippen molar-refractivity contribution in [2.75, 3.05) is 13.1 Å². The minimum absolute atomic E-state index is 0.335. The normalized spacial score (nSPS) is 14.7. The van der Waals surface area contributed by atoms with E-state index in [0.717, 1.165) is 0 Å². The number of nitrogens with zero attached hydrogens (tertiary/aromatic N) is 1. The molecule has 0 radical (unpaired) electrons. The molecule has 1 rings (SSSR count). The van der Waals surface area contributed by atoms with Gasteiger partial charge in [0.1, 0.15) is 0 Å². The Balaban J connectivity index is 2.64. The van der Waals surface area contributed by atoms with Crippen molar-refractivity contribution >= 4 is 11.7 Å². The molecule has 76 valence electrons. The average molecular weight is 193 g/mol. The first-order chi connectivity index (χ1) is 6.70. The molecular formula is C11H15NO2. The first-order valence-corrected chi connectivity index (χ1v) is 4.88. The Morgan fingerprint density at radius 3 is 2.07 bits per heavy atom. The highest BCUT2D eigenvalue weighted by molar-refractivity contribution is 6.37. The zero-order valence-corrected chi connectivity index (χ0v) is 8.56. The van der Waals surface area contributed by atoms with Crippen LogP contribution in [0.1, 0.15) is 13.8 Å². The van der Waals surface area contributed by atoms with Gasteiger partial charge in [-0.15, -0.1) is 0 Å². The molecule has 14 heavy (non-hydrogen) atoms. The molecule has 0 saturated heterocycles. The Bertz CT molecular complexity index is 276. The van der Waals surface area contributed by atoms with Crippen LogP contribution in [0.3, 0.4) is 0 Å². The van der Waals surface area contributed by atoms with E-state index in [-0.39, 0.29) is 17.6 Å². The molecule has 0 spiro atoms. The third-order valence-electron chi connectivity index (χ3n) is 2.31. The minimum Gasteiger partial charge on any atom is -0.337 e. The molecule has 0 bridgehead atoms. The first-order valence-electron chi connectivity index (χ1n) is 4.88. The van der Waals surface area contributed by atoms with Gasteiger partial charge in [0.05, 0.1) is 5.92 Å². The summed E-state index contributed by atoms with van der Waals surface area (Å²) < 4.78 is 0. The van der Waals surface area contributed by atoms with E-state index in [4.69, 9.17) is 0 Å². The van der Waals surface area contributed by atoms with Gasteiger partial charge in [-0.2, -0.15) is 0 Å². The van der Waals surface area contributed by atoms with E-state index in [2.05, 4.69) is 0 Å². The Kier molecular flexibility index (Phi) is 3.63. The monoisotopic (exact) mass is 193 g/mol. The average Bonchev–Trinajstić information content (AvgIpc) is 2.71. The van der Waals surface area contributed by atoms with Crippen molar-refractivity contribution in [2.45, 2.75) is 13.8 Å². The predicted molar refractivity (Wildman–Crippen MR) is 54.7 cm³/mol. The Labute approximate surface area is 84.1 Å². The van der Waals surface area contributed by atoms with Gasteiger partial charge in [0.25, 0.3) is 5.91 Å². The van der Waals surface area contributed by atoms with Gasteiger partial charge in [-0.1, -0.05) is 24.3 Å². The standard InChI is InChI=1S/C11H15NO2/c1-3-12(4-2)11(14)10(13)9-7-5-6-8-9/h5-9H,3-4H2,1-2H3. The van der Waals surface area contributed by atoms with Crippen LogP contribution in [-0.4, -0.2) is 29.7 Å². The topological polar surface area (TPSA) is 37.4 Å². The van der Waals surface area contributed by atoms with Crippen LogP contribution in [0.5, 0.6) is 0 Å². The number of carbonyl (C=O) groups excluding carboxylic acids is 2. The SMILES string of the molecule is CCN(CC)C(=O)C(=O)C1C=CC=C1. The molecule has 0 aromatic carbocycles. The van der Waals surface area contributed by atoms with Gasteiger partial charge in [0, 0.05) is 13.1 Å². The molecular weight excluding hydrogens is 178 g/mol. The molecule has 0 N–H and O–H groups in total. The summed E-state index contributed by atoms with van der Waals surface area (Å²) in [7, 11) is 0. The Hall–Kier alpha value is -1.38. The highest BCUT2D eigenvalue weighted by Crippen LogP contribution is 2.11. The van der Waals surface area contributed by atoms with Crippen LogP contribution in [-0.2, 0) is 9.59 Å². The quantitative estimate of drug-likeness (QED) is 0.628. The molecule has 1 aliphatic carbocycles. The first kappa shape index (κ1) is 10.7. The number of carbonyl (C=O) groups is 2. The summed E-state index contributed by atoms with van der Waals surface area (Å²) in [5.74, 6) is -1.06. The number of rotatable bonds is 4. The summed E-state index contributed by atoms with van der Waals surface area (Å²) >= 11 is 0. The maximum atomic E-state index is 11.6. The number of allylic oxidation sites excluding steroid dienone is 4. The maximum Gasteiger partial charge on any atom is 0.290 e. The van der Waals surface area contributed by atoms with Crippen molar-refractivity contribution in [3.63, 3.8) is 0 Å². The highest BCUT2D eigenvalue weighted by atomic mass is 16.2. The van der Waals surface area contributed by atoms with E-state index in [9.17, 15) is 9.59 Å². The molecule has 1 amide bonds. The van der Waals surface area contributed by atoms with E-state index < -0.39 is 0 Å². The predicted octanol–water partition coefficient (Wildman–Crippen LogP) is 1.17. The fourth-order valence-electron chi connectivity index (χ4n) is 1.42. The van der Waals surface area contributed by atoms with Crippen LogP contribution < -0.4 is 0 Å². The molecule has 0 fully saturated rings. The maximum absolute atomic E-state index is 11.6. The summed E-state index contributed by atoms with van der Waals surface area (Å²) in [6, 6.07) is 0. The van der Waals surface area contributed by atoms with Crippen LogP contribution in [0.15, 0.2) is 24.3 Å². The van der Waals surface area contributed by atoms with E-state index >= 15 is 0 Å². The molecule has 1 aliphatic rings. The lowest BCUT2D eigenvalue weighted by atomic mass is 10.1. The van der Waals surface area contributed by atoms with Crippen molar-refractivity contribution in [3.05, 3.63) is 24.3 Å². The van der Waals surface area contributed by atoms with E-state index in [1.165, 1.54) is 0 Å². The lowest BCUT2D eigenvalue weighted by Crippen LogP contribution is -2.38. The second kappa shape index (κ2) is 4.74. The molecule has 0 aromatic rings. The molecule has 0 unspecified atom stereocenters. The van der Waals surface area contributed by atoms with Gasteiger partial charge in [0.15, 0.2) is 0 Å². The van der Waals surface area contributed by atoms with Gasteiger partial charge in [-0.3, -0.25) is 9.59 Å². The van der Waals surface area contributed by atoms with Crippen molar-refractivity contribution in [1.82, 2.24) is 4.90 Å². The molecule has 3 nitrogen and oxygen atoms in total. The van der Waals surface area contributed by atoms with E-state index in [0.29, 0.717) is 13.1 Å². The highest BCUT2D eigenvalue weighted by Gasteiger charge is 2.25. The lowest BCUT2D eigenvalue weighted by Gasteiger charge is -2.18. The summed E-state index contributed by atoms with van der Waals surface area (Å²) in [5.41, 5.74) is 0. The van der Waals surface area contributed by atoms with Crippen molar-refractivity contribution in [1.29, 1.82) is 0 Å². The third-order valence-corrected chi connectivity index (χ3v) is 2.31. The van der Waals surface area contributed by atoms with Crippen molar-refractivity contribution < 1.29 is 9.59 Å². The molecule has 0 aromatic heterocycles. The van der Waals surface area contributed by atoms with Crippen molar-refractivity contribution in [3.8, 4) is 0 Å². The lowest BCUT2D eigenvalue weighted by molar-refractivity contribution is -0.145. The number of hydrogen-bond donors (Lipinski definition) is 0. The fraction of sp³-hybridized carbons (Fsp3) is 0.455. The van der Waals surface area contributed by atoms with Crippen molar-refractivity contribution in [2.24, 2.45) is 5.92 Å². The van der Waals surface area contributed by atoms with E-state index in [1.807, 2.05) is 13.8 Å². The van der Waals surface area contributed by atoms with Crippen LogP contribution in [0, 0.1) is 5.92 Å². The number of amides is 1. The van der Waals surface area contributed by atoms with Gasteiger partial charge in [-0.05, 0) is 13.8 Å². The summed E-state index contributed by atoms with van der Waals surface area (Å²) in [6.07, 6.45) is 7.06. The van der Waals surface area contributed by atoms with Gasteiger partial charge in [-0.25, -0.2) is 0 Å². The molecule has 0 saturated carbocycles. The number of hydrogen-bond acceptors (Lipinski definition) is 2. The zero-order valence-electron chi connectivity index (χ0n) is 8.56. The van der Waals surface area contributed by atoms with Gasteiger partial charge < -0.3 is 4.90 Å². The number of Topliss-reactive ketones (excluding diaryl/α,β-unsaturated/α-hetero) is 1. The molecule has 0 aliphatic heterocycles. The largest absolute Gasteiger partial charge is 0.337 e. The van der Waals surface area contributed by atoms with Gasteiger partial charge in [0.2, 0.25) is 5.78 Å².